The van der Waals surface area contributed by atoms with Gasteiger partial charge in [-0.15, -0.1) is 11.3 Å². The topological polar surface area (TPSA) is 25.8 Å². The van der Waals surface area contributed by atoms with Gasteiger partial charge in [-0.3, -0.25) is 0 Å². The van der Waals surface area contributed by atoms with Crippen molar-refractivity contribution in [3.8, 4) is 33.9 Å². The number of benzene rings is 4. The summed E-state index contributed by atoms with van der Waals surface area (Å²) >= 11 is 9.04. The van der Waals surface area contributed by atoms with Gasteiger partial charge in [0.15, 0.2) is 5.82 Å². The molecule has 6 rings (SSSR count). The molecule has 0 bridgehead atoms. The third-order valence-corrected chi connectivity index (χ3v) is 7.64. The molecule has 33 heavy (non-hydrogen) atoms. The average molecular weight is 572 g/mol. The fraction of sp³-hybridized carbons (Fsp3) is 0. The zero-order valence-corrected chi connectivity index (χ0v) is 21.3. The average Bonchev–Trinajstić information content (AvgIpc) is 3.21. The van der Waals surface area contributed by atoms with Gasteiger partial charge in [0.05, 0.1) is 11.4 Å². The van der Waals surface area contributed by atoms with Gasteiger partial charge in [-0.2, -0.15) is 0 Å². The summed E-state index contributed by atoms with van der Waals surface area (Å²) < 4.78 is 4.57. The molecule has 0 unspecified atom stereocenters. The molecule has 2 nitrogen and oxygen atoms in total. The summed E-state index contributed by atoms with van der Waals surface area (Å²) in [7, 11) is 0. The van der Waals surface area contributed by atoms with E-state index >= 15 is 0 Å². The smallest absolute Gasteiger partial charge is 0.160 e. The number of hydrogen-bond donors (Lipinski definition) is 0. The highest BCUT2D eigenvalue weighted by Gasteiger charge is 2.13. The van der Waals surface area contributed by atoms with Crippen molar-refractivity contribution in [3.63, 3.8) is 0 Å². The van der Waals surface area contributed by atoms with Crippen LogP contribution in [0.2, 0.25) is 0 Å². The van der Waals surface area contributed by atoms with Crippen LogP contribution >= 0.6 is 43.2 Å². The maximum atomic E-state index is 4.98. The number of thiophene rings is 1. The van der Waals surface area contributed by atoms with E-state index in [0.29, 0.717) is 0 Å². The van der Waals surface area contributed by atoms with Gasteiger partial charge in [-0.1, -0.05) is 92.5 Å². The number of rotatable bonds is 3. The molecule has 0 atom stereocenters. The minimum Gasteiger partial charge on any atom is -0.228 e. The summed E-state index contributed by atoms with van der Waals surface area (Å²) in [6.07, 6.45) is 0. The summed E-state index contributed by atoms with van der Waals surface area (Å²) in [4.78, 5) is 9.90. The van der Waals surface area contributed by atoms with Crippen molar-refractivity contribution >= 4 is 63.4 Å². The Morgan fingerprint density at radius 3 is 1.97 bits per heavy atom. The van der Waals surface area contributed by atoms with Gasteiger partial charge in [0.25, 0.3) is 0 Å². The molecule has 0 aliphatic heterocycles. The Morgan fingerprint density at radius 2 is 1.18 bits per heavy atom. The minimum absolute atomic E-state index is 0.718. The van der Waals surface area contributed by atoms with E-state index in [4.69, 9.17) is 9.97 Å². The first-order chi connectivity index (χ1) is 16.1. The first-order valence-electron chi connectivity index (χ1n) is 10.5. The second-order valence-corrected chi connectivity index (χ2v) is 10.7. The molecule has 2 aromatic heterocycles. The van der Waals surface area contributed by atoms with Gasteiger partial charge < -0.3 is 0 Å². The molecule has 0 N–H and O–H groups in total. The Hall–Kier alpha value is -2.86. The lowest BCUT2D eigenvalue weighted by Gasteiger charge is -2.10. The van der Waals surface area contributed by atoms with Gasteiger partial charge in [0.1, 0.15) is 0 Å². The predicted octanol–water partition coefficient (Wildman–Crippen LogP) is 9.37. The lowest BCUT2D eigenvalue weighted by atomic mass is 10.0. The summed E-state index contributed by atoms with van der Waals surface area (Å²) in [5, 5.41) is 2.59. The van der Waals surface area contributed by atoms with Crippen molar-refractivity contribution in [2.45, 2.75) is 0 Å². The van der Waals surface area contributed by atoms with Gasteiger partial charge in [-0.25, -0.2) is 9.97 Å². The predicted molar refractivity (Wildman–Crippen MR) is 147 cm³/mol. The molecular weight excluding hydrogens is 556 g/mol. The highest BCUT2D eigenvalue weighted by Crippen LogP contribution is 2.37. The Labute approximate surface area is 212 Å². The van der Waals surface area contributed by atoms with E-state index < -0.39 is 0 Å². The number of aromatic nitrogens is 2. The first-order valence-corrected chi connectivity index (χ1v) is 12.9. The third kappa shape index (κ3) is 4.01. The van der Waals surface area contributed by atoms with E-state index in [2.05, 4.69) is 105 Å². The third-order valence-electron chi connectivity index (χ3n) is 5.59. The molecule has 0 saturated carbocycles. The lowest BCUT2D eigenvalue weighted by Crippen LogP contribution is -1.96. The highest BCUT2D eigenvalue weighted by atomic mass is 79.9. The standard InChI is InChI=1S/C28H16Br2N2S/c29-20-12-19(13-21(30)15-20)25-16-24(31-28(32-25)17-6-2-1-3-7-17)18-10-11-23-22-8-4-5-9-26(22)33-27(23)14-18/h1-16H. The van der Waals surface area contributed by atoms with E-state index in [0.717, 1.165) is 42.8 Å². The van der Waals surface area contributed by atoms with Crippen molar-refractivity contribution < 1.29 is 0 Å². The molecule has 0 aliphatic rings. The van der Waals surface area contributed by atoms with Gasteiger partial charge in [0, 0.05) is 45.8 Å². The van der Waals surface area contributed by atoms with Gasteiger partial charge in [-0.05, 0) is 36.4 Å². The van der Waals surface area contributed by atoms with Crippen LogP contribution in [0.15, 0.2) is 106 Å². The number of nitrogens with zero attached hydrogens (tertiary/aromatic N) is 2. The van der Waals surface area contributed by atoms with Crippen molar-refractivity contribution in [3.05, 3.63) is 106 Å². The molecule has 4 aromatic carbocycles. The summed E-state index contributed by atoms with van der Waals surface area (Å²) in [5.74, 6) is 0.718. The minimum atomic E-state index is 0.718. The molecule has 6 aromatic rings. The Balaban J connectivity index is 1.57. The molecule has 5 heteroatoms. The maximum Gasteiger partial charge on any atom is 0.160 e. The van der Waals surface area contributed by atoms with Crippen LogP contribution < -0.4 is 0 Å². The molecule has 2 heterocycles. The molecule has 0 radical (unpaired) electrons. The van der Waals surface area contributed by atoms with Crippen LogP contribution in [0, 0.1) is 0 Å². The fourth-order valence-corrected chi connectivity index (χ4v) is 6.49. The van der Waals surface area contributed by atoms with E-state index in [1.165, 1.54) is 20.2 Å². The molecule has 0 amide bonds. The maximum absolute atomic E-state index is 4.98. The van der Waals surface area contributed by atoms with E-state index in [1.807, 2.05) is 35.6 Å². The summed E-state index contributed by atoms with van der Waals surface area (Å²) in [5.41, 5.74) is 4.91. The zero-order chi connectivity index (χ0) is 22.4. The van der Waals surface area contributed by atoms with Crippen molar-refractivity contribution in [2.75, 3.05) is 0 Å². The molecular formula is C28H16Br2N2S. The highest BCUT2D eigenvalue weighted by molar-refractivity contribution is 9.11. The molecule has 0 saturated heterocycles. The largest absolute Gasteiger partial charge is 0.228 e. The fourth-order valence-electron chi connectivity index (χ4n) is 4.05. The molecule has 158 valence electrons. The van der Waals surface area contributed by atoms with Crippen LogP contribution in [0.3, 0.4) is 0 Å². The normalized spacial score (nSPS) is 11.3. The second-order valence-electron chi connectivity index (χ2n) is 7.80. The van der Waals surface area contributed by atoms with Crippen molar-refractivity contribution in [1.82, 2.24) is 9.97 Å². The van der Waals surface area contributed by atoms with Crippen LogP contribution in [0.4, 0.5) is 0 Å². The number of fused-ring (bicyclic) bond motifs is 3. The monoisotopic (exact) mass is 570 g/mol. The van der Waals surface area contributed by atoms with Crippen LogP contribution in [-0.4, -0.2) is 9.97 Å². The quantitative estimate of drug-likeness (QED) is 0.211. The Kier molecular flexibility index (Phi) is 5.33. The van der Waals surface area contributed by atoms with E-state index in [9.17, 15) is 0 Å². The zero-order valence-electron chi connectivity index (χ0n) is 17.3. The van der Waals surface area contributed by atoms with Crippen LogP contribution in [0.25, 0.3) is 54.1 Å². The molecule has 0 spiro atoms. The van der Waals surface area contributed by atoms with Crippen LogP contribution in [0.5, 0.6) is 0 Å². The van der Waals surface area contributed by atoms with Crippen LogP contribution in [0.1, 0.15) is 0 Å². The van der Waals surface area contributed by atoms with Gasteiger partial charge >= 0.3 is 0 Å². The number of hydrogen-bond acceptors (Lipinski definition) is 3. The SMILES string of the molecule is Brc1cc(Br)cc(-c2cc(-c3ccc4c(c3)sc3ccccc34)nc(-c3ccccc3)n2)c1. The lowest BCUT2D eigenvalue weighted by molar-refractivity contribution is 1.18. The van der Waals surface area contributed by atoms with Gasteiger partial charge in [0.2, 0.25) is 0 Å². The Morgan fingerprint density at radius 1 is 0.515 bits per heavy atom. The summed E-state index contributed by atoms with van der Waals surface area (Å²) in [6, 6.07) is 33.6. The van der Waals surface area contributed by atoms with E-state index in [-0.39, 0.29) is 0 Å². The molecule has 0 fully saturated rings. The number of halogens is 2. The van der Waals surface area contributed by atoms with Crippen LogP contribution in [-0.2, 0) is 0 Å². The Bertz CT molecular complexity index is 1620. The molecule has 0 aliphatic carbocycles. The van der Waals surface area contributed by atoms with Crippen molar-refractivity contribution in [1.29, 1.82) is 0 Å². The van der Waals surface area contributed by atoms with E-state index in [1.54, 1.807) is 0 Å². The first kappa shape index (κ1) is 20.7. The summed E-state index contributed by atoms with van der Waals surface area (Å²) in [6.45, 7) is 0. The second kappa shape index (κ2) is 8.49. The van der Waals surface area contributed by atoms with Crippen molar-refractivity contribution in [2.24, 2.45) is 0 Å².